The van der Waals surface area contributed by atoms with Crippen molar-refractivity contribution < 1.29 is 8.42 Å². The van der Waals surface area contributed by atoms with Crippen LogP contribution in [0.1, 0.15) is 31.9 Å². The smallest absolute Gasteiger partial charge is 0.241 e. The molecule has 0 aliphatic rings. The van der Waals surface area contributed by atoms with Crippen molar-refractivity contribution in [2.24, 2.45) is 4.99 Å². The molecule has 0 heterocycles. The topological polar surface area (TPSA) is 82.6 Å². The van der Waals surface area contributed by atoms with Gasteiger partial charge in [0.2, 0.25) is 10.0 Å². The number of nitrogens with zero attached hydrogens (tertiary/aromatic N) is 1. The molecule has 8 heteroatoms. The van der Waals surface area contributed by atoms with E-state index in [4.69, 9.17) is 11.6 Å². The first-order chi connectivity index (χ1) is 13.6. The van der Waals surface area contributed by atoms with Crippen LogP contribution in [0.5, 0.6) is 0 Å². The number of guanidine groups is 1. The summed E-state index contributed by atoms with van der Waals surface area (Å²) in [5, 5.41) is 7.13. The molecule has 2 aromatic rings. The molecule has 0 atom stereocenters. The highest BCUT2D eigenvalue weighted by atomic mass is 35.5. The first-order valence-electron chi connectivity index (χ1n) is 9.41. The quantitative estimate of drug-likeness (QED) is 0.459. The lowest BCUT2D eigenvalue weighted by molar-refractivity contribution is 0.491. The van der Waals surface area contributed by atoms with Crippen LogP contribution >= 0.6 is 11.6 Å². The van der Waals surface area contributed by atoms with Crippen LogP contribution in [-0.2, 0) is 23.0 Å². The molecule has 0 aliphatic heterocycles. The fraction of sp³-hybridized carbons (Fsp3) is 0.381. The Kier molecular flexibility index (Phi) is 8.07. The average Bonchev–Trinajstić information content (AvgIpc) is 2.63. The molecule has 0 radical (unpaired) electrons. The van der Waals surface area contributed by atoms with Gasteiger partial charge in [-0.15, -0.1) is 0 Å². The monoisotopic (exact) mass is 436 g/mol. The van der Waals surface area contributed by atoms with Gasteiger partial charge >= 0.3 is 0 Å². The van der Waals surface area contributed by atoms with E-state index in [0.29, 0.717) is 29.6 Å². The van der Waals surface area contributed by atoms with Crippen molar-refractivity contribution in [1.29, 1.82) is 0 Å². The molecular formula is C21H29ClN4O2S. The Morgan fingerprint density at radius 3 is 2.45 bits per heavy atom. The van der Waals surface area contributed by atoms with E-state index in [1.165, 1.54) is 0 Å². The van der Waals surface area contributed by atoms with Gasteiger partial charge < -0.3 is 10.6 Å². The van der Waals surface area contributed by atoms with E-state index in [2.05, 4.69) is 20.3 Å². The summed E-state index contributed by atoms with van der Waals surface area (Å²) in [5.74, 6) is 0.600. The maximum Gasteiger partial charge on any atom is 0.241 e. The van der Waals surface area contributed by atoms with E-state index in [-0.39, 0.29) is 4.90 Å². The Morgan fingerprint density at radius 1 is 1.07 bits per heavy atom. The van der Waals surface area contributed by atoms with Crippen molar-refractivity contribution in [3.05, 3.63) is 64.7 Å². The van der Waals surface area contributed by atoms with Crippen molar-refractivity contribution in [1.82, 2.24) is 15.4 Å². The lowest BCUT2D eigenvalue weighted by Crippen LogP contribution is -2.41. The molecule has 0 bridgehead atoms. The van der Waals surface area contributed by atoms with Crippen LogP contribution in [0.4, 0.5) is 0 Å². The summed E-state index contributed by atoms with van der Waals surface area (Å²) in [5.41, 5.74) is 1.24. The minimum atomic E-state index is -3.62. The Morgan fingerprint density at radius 2 is 1.79 bits per heavy atom. The van der Waals surface area contributed by atoms with Crippen LogP contribution in [0.3, 0.4) is 0 Å². The molecule has 0 saturated heterocycles. The van der Waals surface area contributed by atoms with Crippen molar-refractivity contribution in [3.63, 3.8) is 0 Å². The minimum Gasteiger partial charge on any atom is -0.356 e. The van der Waals surface area contributed by atoms with Gasteiger partial charge in [-0.3, -0.25) is 4.99 Å². The number of sulfonamides is 1. The number of halogens is 1. The zero-order chi connectivity index (χ0) is 21.5. The number of hydrogen-bond acceptors (Lipinski definition) is 3. The second kappa shape index (κ2) is 10.1. The summed E-state index contributed by atoms with van der Waals surface area (Å²) in [6, 6.07) is 14.7. The molecule has 29 heavy (non-hydrogen) atoms. The van der Waals surface area contributed by atoms with E-state index in [1.54, 1.807) is 25.2 Å². The predicted octanol–water partition coefficient (Wildman–Crippen LogP) is 3.32. The van der Waals surface area contributed by atoms with E-state index < -0.39 is 15.6 Å². The third kappa shape index (κ3) is 7.68. The van der Waals surface area contributed by atoms with Crippen LogP contribution < -0.4 is 15.4 Å². The SMILES string of the molecule is CN=C(NCCc1cccc(Cl)c1)NCc1ccccc1S(=O)(=O)NC(C)(C)C. The summed E-state index contributed by atoms with van der Waals surface area (Å²) in [4.78, 5) is 4.47. The summed E-state index contributed by atoms with van der Waals surface area (Å²) < 4.78 is 28.2. The number of rotatable bonds is 7. The highest BCUT2D eigenvalue weighted by Crippen LogP contribution is 2.17. The fourth-order valence-electron chi connectivity index (χ4n) is 2.79. The van der Waals surface area contributed by atoms with Gasteiger partial charge in [0, 0.05) is 30.7 Å². The molecule has 3 N–H and O–H groups in total. The van der Waals surface area contributed by atoms with E-state index in [0.717, 1.165) is 12.0 Å². The summed E-state index contributed by atoms with van der Waals surface area (Å²) >= 11 is 6.01. The van der Waals surface area contributed by atoms with Crippen molar-refractivity contribution in [3.8, 4) is 0 Å². The maximum absolute atomic E-state index is 12.7. The Hall–Kier alpha value is -2.09. The van der Waals surface area contributed by atoms with Crippen LogP contribution in [0, 0.1) is 0 Å². The molecular weight excluding hydrogens is 408 g/mol. The van der Waals surface area contributed by atoms with Crippen molar-refractivity contribution in [2.75, 3.05) is 13.6 Å². The van der Waals surface area contributed by atoms with Gasteiger partial charge in [-0.1, -0.05) is 41.9 Å². The van der Waals surface area contributed by atoms with Gasteiger partial charge in [-0.05, 0) is 56.5 Å². The fourth-order valence-corrected chi connectivity index (χ4v) is 4.66. The van der Waals surface area contributed by atoms with Gasteiger partial charge in [0.25, 0.3) is 0 Å². The molecule has 158 valence electrons. The third-order valence-corrected chi connectivity index (χ3v) is 6.06. The first kappa shape index (κ1) is 23.2. The van der Waals surface area contributed by atoms with Crippen LogP contribution in [-0.4, -0.2) is 33.5 Å². The Labute approximate surface area is 178 Å². The molecule has 0 aliphatic carbocycles. The molecule has 0 fully saturated rings. The summed E-state index contributed by atoms with van der Waals surface area (Å²) in [7, 11) is -1.94. The number of aliphatic imine (C=N–C) groups is 1. The molecule has 0 spiro atoms. The van der Waals surface area contributed by atoms with E-state index in [1.807, 2.05) is 51.1 Å². The Bertz CT molecular complexity index is 953. The van der Waals surface area contributed by atoms with Crippen LogP contribution in [0.25, 0.3) is 0 Å². The minimum absolute atomic E-state index is 0.261. The average molecular weight is 437 g/mol. The normalized spacial score (nSPS) is 12.7. The molecule has 0 amide bonds. The zero-order valence-electron chi connectivity index (χ0n) is 17.3. The van der Waals surface area contributed by atoms with Gasteiger partial charge in [-0.25, -0.2) is 13.1 Å². The molecule has 2 aromatic carbocycles. The number of nitrogens with one attached hydrogen (secondary N) is 3. The van der Waals surface area contributed by atoms with Gasteiger partial charge in [-0.2, -0.15) is 0 Å². The summed E-state index contributed by atoms with van der Waals surface area (Å²) in [6.07, 6.45) is 0.793. The second-order valence-corrected chi connectivity index (χ2v) is 9.78. The second-order valence-electron chi connectivity index (χ2n) is 7.70. The van der Waals surface area contributed by atoms with Gasteiger partial charge in [0.1, 0.15) is 0 Å². The predicted molar refractivity (Wildman–Crippen MR) is 120 cm³/mol. The first-order valence-corrected chi connectivity index (χ1v) is 11.3. The van der Waals surface area contributed by atoms with E-state index in [9.17, 15) is 8.42 Å². The maximum atomic E-state index is 12.7. The molecule has 2 rings (SSSR count). The van der Waals surface area contributed by atoms with Crippen LogP contribution in [0.15, 0.2) is 58.4 Å². The number of benzene rings is 2. The number of hydrogen-bond donors (Lipinski definition) is 3. The van der Waals surface area contributed by atoms with Crippen LogP contribution in [0.2, 0.25) is 5.02 Å². The standard InChI is InChI=1S/C21H29ClN4O2S/c1-21(2,3)26-29(27,28)19-11-6-5-9-17(19)15-25-20(23-4)24-13-12-16-8-7-10-18(22)14-16/h5-11,14,26H,12-13,15H2,1-4H3,(H2,23,24,25). The summed E-state index contributed by atoms with van der Waals surface area (Å²) in [6.45, 7) is 6.45. The zero-order valence-corrected chi connectivity index (χ0v) is 18.9. The van der Waals surface area contributed by atoms with Gasteiger partial charge in [0.15, 0.2) is 5.96 Å². The molecule has 0 unspecified atom stereocenters. The highest BCUT2D eigenvalue weighted by molar-refractivity contribution is 7.89. The molecule has 0 saturated carbocycles. The Balaban J connectivity index is 1.99. The van der Waals surface area contributed by atoms with Crippen molar-refractivity contribution in [2.45, 2.75) is 44.2 Å². The van der Waals surface area contributed by atoms with Crippen molar-refractivity contribution >= 4 is 27.6 Å². The molecule has 0 aromatic heterocycles. The largest absolute Gasteiger partial charge is 0.356 e. The third-order valence-electron chi connectivity index (χ3n) is 3.97. The lowest BCUT2D eigenvalue weighted by atomic mass is 10.1. The van der Waals surface area contributed by atoms with Gasteiger partial charge in [0.05, 0.1) is 4.90 Å². The highest BCUT2D eigenvalue weighted by Gasteiger charge is 2.24. The van der Waals surface area contributed by atoms with E-state index >= 15 is 0 Å². The molecule has 6 nitrogen and oxygen atoms in total. The lowest BCUT2D eigenvalue weighted by Gasteiger charge is -2.22.